The summed E-state index contributed by atoms with van der Waals surface area (Å²) in [4.78, 5) is 24.9. The van der Waals surface area contributed by atoms with Crippen LogP contribution in [0.25, 0.3) is 0 Å². The first-order valence-corrected chi connectivity index (χ1v) is 5.86. The molecule has 0 unspecified atom stereocenters. The molecular weight excluding hydrogens is 216 g/mol. The molecule has 0 bridgehead atoms. The number of carbonyl (C=O) groups is 2. The molecule has 2 aliphatic rings. The summed E-state index contributed by atoms with van der Waals surface area (Å²) >= 11 is 0. The van der Waals surface area contributed by atoms with Crippen molar-refractivity contribution in [2.75, 3.05) is 0 Å². The number of hydrogen-bond donors (Lipinski definition) is 1. The van der Waals surface area contributed by atoms with Gasteiger partial charge in [0.1, 0.15) is 0 Å². The summed E-state index contributed by atoms with van der Waals surface area (Å²) in [5.74, 6) is -0.301. The van der Waals surface area contributed by atoms with Gasteiger partial charge in [0.25, 0.3) is 0 Å². The van der Waals surface area contributed by atoms with Gasteiger partial charge in [0.15, 0.2) is 0 Å². The zero-order valence-electron chi connectivity index (χ0n) is 9.48. The highest BCUT2D eigenvalue weighted by Gasteiger charge is 2.32. The van der Waals surface area contributed by atoms with Gasteiger partial charge in [-0.1, -0.05) is 24.3 Å². The second-order valence-electron chi connectivity index (χ2n) is 4.71. The zero-order valence-corrected chi connectivity index (χ0v) is 9.48. The van der Waals surface area contributed by atoms with E-state index in [1.807, 2.05) is 12.1 Å². The summed E-state index contributed by atoms with van der Waals surface area (Å²) in [5.41, 5.74) is 2.62. The standard InChI is InChI=1S/C13H14N2O2/c16-12-5-11(6-13(17)14-12)15-7-9-3-1-2-4-10(9)8-15/h1-4,11H,5-8H2,(H,14,16,17). The van der Waals surface area contributed by atoms with Crippen LogP contribution in [0.5, 0.6) is 0 Å². The second-order valence-corrected chi connectivity index (χ2v) is 4.71. The van der Waals surface area contributed by atoms with Gasteiger partial charge in [-0.05, 0) is 11.1 Å². The SMILES string of the molecule is O=C1CC(N2Cc3ccccc3C2)CC(=O)N1. The summed E-state index contributed by atoms with van der Waals surface area (Å²) in [6, 6.07) is 8.34. The number of fused-ring (bicyclic) bond motifs is 1. The minimum absolute atomic E-state index is 0.0589. The summed E-state index contributed by atoms with van der Waals surface area (Å²) in [5, 5.41) is 2.35. The number of piperidine rings is 1. The van der Waals surface area contributed by atoms with E-state index in [1.165, 1.54) is 11.1 Å². The van der Waals surface area contributed by atoms with Crippen molar-refractivity contribution >= 4 is 11.8 Å². The molecule has 88 valence electrons. The summed E-state index contributed by atoms with van der Waals surface area (Å²) in [7, 11) is 0. The average molecular weight is 230 g/mol. The Balaban J connectivity index is 1.76. The van der Waals surface area contributed by atoms with E-state index in [1.54, 1.807) is 0 Å². The lowest BCUT2D eigenvalue weighted by molar-refractivity contribution is -0.135. The molecule has 1 N–H and O–H groups in total. The summed E-state index contributed by atoms with van der Waals surface area (Å²) in [6.45, 7) is 1.70. The highest BCUT2D eigenvalue weighted by molar-refractivity contribution is 5.98. The van der Waals surface area contributed by atoms with E-state index in [2.05, 4.69) is 22.3 Å². The summed E-state index contributed by atoms with van der Waals surface area (Å²) in [6.07, 6.45) is 0.861. The van der Waals surface area contributed by atoms with Crippen molar-refractivity contribution in [3.8, 4) is 0 Å². The van der Waals surface area contributed by atoms with Crippen LogP contribution in [0.15, 0.2) is 24.3 Å². The molecule has 4 heteroatoms. The fraction of sp³-hybridized carbons (Fsp3) is 0.385. The zero-order chi connectivity index (χ0) is 11.8. The van der Waals surface area contributed by atoms with Gasteiger partial charge in [0.2, 0.25) is 11.8 Å². The molecule has 0 spiro atoms. The third-order valence-electron chi connectivity index (χ3n) is 3.50. The number of amides is 2. The monoisotopic (exact) mass is 230 g/mol. The molecule has 2 aliphatic heterocycles. The number of hydrogen-bond acceptors (Lipinski definition) is 3. The van der Waals surface area contributed by atoms with Gasteiger partial charge in [0.05, 0.1) is 0 Å². The molecule has 0 aromatic heterocycles. The van der Waals surface area contributed by atoms with Gasteiger partial charge in [0, 0.05) is 32.0 Å². The Morgan fingerprint density at radius 1 is 1.00 bits per heavy atom. The Morgan fingerprint density at radius 2 is 1.53 bits per heavy atom. The Labute approximate surface area is 99.6 Å². The topological polar surface area (TPSA) is 49.4 Å². The van der Waals surface area contributed by atoms with Crippen molar-refractivity contribution in [3.05, 3.63) is 35.4 Å². The van der Waals surface area contributed by atoms with Gasteiger partial charge < -0.3 is 0 Å². The van der Waals surface area contributed by atoms with E-state index in [4.69, 9.17) is 0 Å². The molecule has 0 radical (unpaired) electrons. The van der Waals surface area contributed by atoms with Crippen molar-refractivity contribution in [1.29, 1.82) is 0 Å². The maximum Gasteiger partial charge on any atom is 0.228 e. The predicted molar refractivity (Wildman–Crippen MR) is 61.9 cm³/mol. The van der Waals surface area contributed by atoms with E-state index < -0.39 is 0 Å². The van der Waals surface area contributed by atoms with Gasteiger partial charge in [-0.15, -0.1) is 0 Å². The largest absolute Gasteiger partial charge is 0.296 e. The van der Waals surface area contributed by atoms with Crippen molar-refractivity contribution in [2.24, 2.45) is 0 Å². The molecule has 17 heavy (non-hydrogen) atoms. The van der Waals surface area contributed by atoms with Crippen molar-refractivity contribution in [3.63, 3.8) is 0 Å². The molecule has 2 heterocycles. The average Bonchev–Trinajstić information content (AvgIpc) is 2.71. The lowest BCUT2D eigenvalue weighted by Crippen LogP contribution is -2.46. The minimum atomic E-state index is -0.151. The van der Waals surface area contributed by atoms with Crippen molar-refractivity contribution in [2.45, 2.75) is 32.0 Å². The van der Waals surface area contributed by atoms with Gasteiger partial charge in [-0.25, -0.2) is 0 Å². The van der Waals surface area contributed by atoms with E-state index in [0.29, 0.717) is 12.8 Å². The smallest absolute Gasteiger partial charge is 0.228 e. The van der Waals surface area contributed by atoms with E-state index >= 15 is 0 Å². The first kappa shape index (κ1) is 10.5. The fourth-order valence-electron chi connectivity index (χ4n) is 2.63. The molecule has 0 saturated carbocycles. The molecule has 1 fully saturated rings. The number of rotatable bonds is 1. The first-order valence-electron chi connectivity index (χ1n) is 5.86. The molecule has 4 nitrogen and oxygen atoms in total. The van der Waals surface area contributed by atoms with Crippen LogP contribution < -0.4 is 5.32 Å². The van der Waals surface area contributed by atoms with Crippen molar-refractivity contribution < 1.29 is 9.59 Å². The Morgan fingerprint density at radius 3 is 2.06 bits per heavy atom. The Kier molecular flexibility index (Phi) is 2.44. The van der Waals surface area contributed by atoms with Crippen molar-refractivity contribution in [1.82, 2.24) is 10.2 Å². The maximum atomic E-state index is 11.4. The van der Waals surface area contributed by atoms with Crippen LogP contribution in [0, 0.1) is 0 Å². The number of imide groups is 1. The number of nitrogens with zero attached hydrogens (tertiary/aromatic N) is 1. The van der Waals surface area contributed by atoms with Crippen LogP contribution in [0.1, 0.15) is 24.0 Å². The van der Waals surface area contributed by atoms with Crippen LogP contribution in [-0.4, -0.2) is 22.8 Å². The van der Waals surface area contributed by atoms with Crippen LogP contribution in [0.3, 0.4) is 0 Å². The maximum absolute atomic E-state index is 11.4. The third kappa shape index (κ3) is 1.96. The van der Waals surface area contributed by atoms with E-state index in [9.17, 15) is 9.59 Å². The number of benzene rings is 1. The van der Waals surface area contributed by atoms with Crippen LogP contribution >= 0.6 is 0 Å². The molecule has 3 rings (SSSR count). The van der Waals surface area contributed by atoms with E-state index in [0.717, 1.165) is 13.1 Å². The molecule has 1 aromatic rings. The highest BCUT2D eigenvalue weighted by atomic mass is 16.2. The van der Waals surface area contributed by atoms with Gasteiger partial charge in [-0.2, -0.15) is 0 Å². The first-order chi connectivity index (χ1) is 8.22. The van der Waals surface area contributed by atoms with Crippen LogP contribution in [0.2, 0.25) is 0 Å². The normalized spacial score (nSPS) is 21.4. The lowest BCUT2D eigenvalue weighted by Gasteiger charge is -2.29. The minimum Gasteiger partial charge on any atom is -0.296 e. The molecule has 1 aromatic carbocycles. The Hall–Kier alpha value is -1.68. The molecule has 0 aliphatic carbocycles. The molecule has 0 atom stereocenters. The quantitative estimate of drug-likeness (QED) is 0.726. The van der Waals surface area contributed by atoms with Gasteiger partial charge in [-0.3, -0.25) is 19.8 Å². The second kappa shape index (κ2) is 3.96. The highest BCUT2D eigenvalue weighted by Crippen LogP contribution is 2.27. The lowest BCUT2D eigenvalue weighted by atomic mass is 10.0. The molecule has 2 amide bonds. The molecule has 1 saturated heterocycles. The molecular formula is C13H14N2O2. The predicted octanol–water partition coefficient (Wildman–Crippen LogP) is 0.807. The number of carbonyl (C=O) groups excluding carboxylic acids is 2. The number of nitrogens with one attached hydrogen (secondary N) is 1. The van der Waals surface area contributed by atoms with Crippen LogP contribution in [0.4, 0.5) is 0 Å². The fourth-order valence-corrected chi connectivity index (χ4v) is 2.63. The third-order valence-corrected chi connectivity index (χ3v) is 3.50. The van der Waals surface area contributed by atoms with Crippen LogP contribution in [-0.2, 0) is 22.7 Å². The van der Waals surface area contributed by atoms with Gasteiger partial charge >= 0.3 is 0 Å². The Bertz CT molecular complexity index is 443. The van der Waals surface area contributed by atoms with E-state index in [-0.39, 0.29) is 17.9 Å². The summed E-state index contributed by atoms with van der Waals surface area (Å²) < 4.78 is 0.